The molecule has 1 N–H and O–H groups in total. The number of benzene rings is 2. The molecule has 1 atom stereocenters. The third-order valence-corrected chi connectivity index (χ3v) is 7.06. The van der Waals surface area contributed by atoms with E-state index in [4.69, 9.17) is 0 Å². The molecular weight excluding hydrogens is 455 g/mol. The molecule has 0 fully saturated rings. The maximum absolute atomic E-state index is 13.6. The largest absolute Gasteiger partial charge is 0.321 e. The number of aryl methyl sites for hydroxylation is 1. The van der Waals surface area contributed by atoms with Crippen LogP contribution in [-0.2, 0) is 18.6 Å². The normalized spacial score (nSPS) is 13.1. The van der Waals surface area contributed by atoms with E-state index >= 15 is 0 Å². The molecule has 4 aromatic rings. The molecule has 0 saturated heterocycles. The number of hydrogen-bond donors (Lipinski definition) is 1. The second-order valence-corrected chi connectivity index (χ2v) is 10.5. The number of nitrogens with one attached hydrogen (secondary N) is 1. The van der Waals surface area contributed by atoms with Crippen LogP contribution in [0.1, 0.15) is 69.6 Å². The first-order valence-electron chi connectivity index (χ1n) is 12.5. The van der Waals surface area contributed by atoms with Crippen LogP contribution in [0, 0.1) is 18.7 Å². The van der Waals surface area contributed by atoms with Crippen molar-refractivity contribution >= 4 is 10.9 Å². The summed E-state index contributed by atoms with van der Waals surface area (Å²) in [6, 6.07) is 14.3. The van der Waals surface area contributed by atoms with E-state index in [1.807, 2.05) is 35.9 Å². The summed E-state index contributed by atoms with van der Waals surface area (Å²) in [5.41, 5.74) is 3.10. The lowest BCUT2D eigenvalue weighted by Crippen LogP contribution is -2.38. The molecule has 0 unspecified atom stereocenters. The number of H-pyrrole nitrogens is 1. The molecule has 36 heavy (non-hydrogen) atoms. The summed E-state index contributed by atoms with van der Waals surface area (Å²) in [6.45, 7) is 13.5. The average molecular weight is 491 g/mol. The van der Waals surface area contributed by atoms with Crippen molar-refractivity contribution in [3.05, 3.63) is 87.2 Å². The van der Waals surface area contributed by atoms with E-state index < -0.39 is 0 Å². The van der Waals surface area contributed by atoms with Crippen LogP contribution in [0.15, 0.2) is 53.3 Å². The molecule has 0 bridgehead atoms. The summed E-state index contributed by atoms with van der Waals surface area (Å²) in [6.07, 6.45) is 0.859. The van der Waals surface area contributed by atoms with Gasteiger partial charge in [-0.2, -0.15) is 0 Å². The molecule has 0 radical (unpaired) electrons. The third-order valence-electron chi connectivity index (χ3n) is 7.06. The van der Waals surface area contributed by atoms with Gasteiger partial charge in [0.05, 0.1) is 17.1 Å². The van der Waals surface area contributed by atoms with Gasteiger partial charge in [-0.1, -0.05) is 51.1 Å². The van der Waals surface area contributed by atoms with Gasteiger partial charge in [-0.05, 0) is 78.2 Å². The quantitative estimate of drug-likeness (QED) is 0.335. The van der Waals surface area contributed by atoms with Gasteiger partial charge in [0.25, 0.3) is 5.56 Å². The third kappa shape index (κ3) is 5.23. The van der Waals surface area contributed by atoms with Gasteiger partial charge in [-0.3, -0.25) is 9.69 Å². The average Bonchev–Trinajstić information content (AvgIpc) is 3.32. The molecule has 0 aliphatic rings. The van der Waals surface area contributed by atoms with Gasteiger partial charge in [-0.15, -0.1) is 5.10 Å². The topological polar surface area (TPSA) is 79.7 Å². The SMILES string of the molecule is CCC(C)(C)n1nnnc1[C@H](C(C)C)N(Cc1ccc(F)cc1)Cc1cc2cccc(C)c2[nH]c1=O. The van der Waals surface area contributed by atoms with Gasteiger partial charge in [-0.25, -0.2) is 9.07 Å². The van der Waals surface area contributed by atoms with Gasteiger partial charge in [0.1, 0.15) is 5.82 Å². The van der Waals surface area contributed by atoms with Crippen molar-refractivity contribution in [2.45, 2.75) is 72.6 Å². The Bertz CT molecular complexity index is 1390. The van der Waals surface area contributed by atoms with Crippen LogP contribution in [-0.4, -0.2) is 30.1 Å². The van der Waals surface area contributed by atoms with Crippen molar-refractivity contribution in [2.24, 2.45) is 5.92 Å². The lowest BCUT2D eigenvalue weighted by molar-refractivity contribution is 0.117. The van der Waals surface area contributed by atoms with Crippen LogP contribution in [0.25, 0.3) is 10.9 Å². The number of para-hydroxylation sites is 1. The molecule has 4 rings (SSSR count). The van der Waals surface area contributed by atoms with E-state index in [0.717, 1.165) is 34.3 Å². The first kappa shape index (κ1) is 25.7. The summed E-state index contributed by atoms with van der Waals surface area (Å²) in [5.74, 6) is 0.623. The number of aromatic amines is 1. The molecule has 0 aliphatic heterocycles. The monoisotopic (exact) mass is 490 g/mol. The van der Waals surface area contributed by atoms with Crippen LogP contribution >= 0.6 is 0 Å². The number of tetrazole rings is 1. The smallest absolute Gasteiger partial charge is 0.252 e. The Kier molecular flexibility index (Phi) is 7.36. The maximum Gasteiger partial charge on any atom is 0.252 e. The minimum absolute atomic E-state index is 0.114. The Morgan fingerprint density at radius 2 is 1.83 bits per heavy atom. The van der Waals surface area contributed by atoms with Crippen molar-refractivity contribution in [3.63, 3.8) is 0 Å². The number of aromatic nitrogens is 5. The highest BCUT2D eigenvalue weighted by molar-refractivity contribution is 5.81. The second kappa shape index (κ2) is 10.3. The Morgan fingerprint density at radius 1 is 1.11 bits per heavy atom. The summed E-state index contributed by atoms with van der Waals surface area (Å²) < 4.78 is 15.6. The van der Waals surface area contributed by atoms with Gasteiger partial charge in [0.2, 0.25) is 0 Å². The highest BCUT2D eigenvalue weighted by Gasteiger charge is 2.34. The number of pyridine rings is 1. The first-order valence-corrected chi connectivity index (χ1v) is 12.5. The molecule has 7 nitrogen and oxygen atoms in total. The van der Waals surface area contributed by atoms with E-state index in [2.05, 4.69) is 60.0 Å². The molecule has 2 aromatic heterocycles. The molecule has 0 aliphatic carbocycles. The fourth-order valence-corrected chi connectivity index (χ4v) is 4.68. The zero-order valence-corrected chi connectivity index (χ0v) is 21.9. The Balaban J connectivity index is 1.82. The van der Waals surface area contributed by atoms with E-state index in [9.17, 15) is 9.18 Å². The van der Waals surface area contributed by atoms with Crippen LogP contribution in [0.4, 0.5) is 4.39 Å². The van der Waals surface area contributed by atoms with E-state index in [1.54, 1.807) is 12.1 Å². The highest BCUT2D eigenvalue weighted by Crippen LogP contribution is 2.33. The summed E-state index contributed by atoms with van der Waals surface area (Å²) in [7, 11) is 0. The van der Waals surface area contributed by atoms with E-state index in [0.29, 0.717) is 18.7 Å². The Morgan fingerprint density at radius 3 is 2.50 bits per heavy atom. The Labute approximate surface area is 211 Å². The first-order chi connectivity index (χ1) is 17.1. The van der Waals surface area contributed by atoms with Gasteiger partial charge >= 0.3 is 0 Å². The summed E-state index contributed by atoms with van der Waals surface area (Å²) in [4.78, 5) is 18.5. The second-order valence-electron chi connectivity index (χ2n) is 10.5. The van der Waals surface area contributed by atoms with Crippen LogP contribution in [0.3, 0.4) is 0 Å². The minimum Gasteiger partial charge on any atom is -0.321 e. The molecule has 190 valence electrons. The zero-order chi connectivity index (χ0) is 26.0. The molecule has 2 heterocycles. The fraction of sp³-hybridized carbons (Fsp3) is 0.429. The van der Waals surface area contributed by atoms with Crippen molar-refractivity contribution < 1.29 is 4.39 Å². The van der Waals surface area contributed by atoms with Crippen LogP contribution < -0.4 is 5.56 Å². The number of halogens is 1. The van der Waals surface area contributed by atoms with Gasteiger partial charge in [0, 0.05) is 18.7 Å². The minimum atomic E-state index is -0.277. The van der Waals surface area contributed by atoms with Crippen LogP contribution in [0.5, 0.6) is 0 Å². The number of hydrogen-bond acceptors (Lipinski definition) is 5. The molecule has 8 heteroatoms. The van der Waals surface area contributed by atoms with Crippen LogP contribution in [0.2, 0.25) is 0 Å². The molecule has 0 saturated carbocycles. The fourth-order valence-electron chi connectivity index (χ4n) is 4.68. The number of nitrogens with zero attached hydrogens (tertiary/aromatic N) is 5. The van der Waals surface area contributed by atoms with Gasteiger partial charge < -0.3 is 4.98 Å². The van der Waals surface area contributed by atoms with Crippen molar-refractivity contribution in [1.29, 1.82) is 0 Å². The maximum atomic E-state index is 13.6. The van der Waals surface area contributed by atoms with Crippen molar-refractivity contribution in [2.75, 3.05) is 0 Å². The van der Waals surface area contributed by atoms with E-state index in [-0.39, 0.29) is 28.9 Å². The molecular formula is C28H35FN6O. The zero-order valence-electron chi connectivity index (χ0n) is 21.9. The van der Waals surface area contributed by atoms with Gasteiger partial charge in [0.15, 0.2) is 5.82 Å². The van der Waals surface area contributed by atoms with Crippen molar-refractivity contribution in [1.82, 2.24) is 30.1 Å². The predicted molar refractivity (Wildman–Crippen MR) is 140 cm³/mol. The number of fused-ring (bicyclic) bond motifs is 1. The standard InChI is InChI=1S/C28H35FN6O/c1-7-28(5,6)35-26(31-32-33-35)25(18(2)3)34(16-20-11-13-23(29)14-12-20)17-22-15-21-10-8-9-19(4)24(21)30-27(22)36/h8-15,18,25H,7,16-17H2,1-6H3,(H,30,36)/t25-/m0/s1. The lowest BCUT2D eigenvalue weighted by Gasteiger charge is -2.35. The molecule has 0 spiro atoms. The highest BCUT2D eigenvalue weighted by atomic mass is 19.1. The lowest BCUT2D eigenvalue weighted by atomic mass is 9.97. The molecule has 0 amide bonds. The predicted octanol–water partition coefficient (Wildman–Crippen LogP) is 5.51. The van der Waals surface area contributed by atoms with Crippen molar-refractivity contribution in [3.8, 4) is 0 Å². The summed E-state index contributed by atoms with van der Waals surface area (Å²) >= 11 is 0. The Hall–Kier alpha value is -3.39. The molecule has 2 aromatic carbocycles. The number of rotatable bonds is 9. The summed E-state index contributed by atoms with van der Waals surface area (Å²) in [5, 5.41) is 13.8. The van der Waals surface area contributed by atoms with E-state index in [1.165, 1.54) is 12.1 Å².